The number of piperazine rings is 1. The Labute approximate surface area is 290 Å². The van der Waals surface area contributed by atoms with Crippen LogP contribution in [-0.2, 0) is 22.7 Å². The molecule has 2 aliphatic heterocycles. The highest BCUT2D eigenvalue weighted by Crippen LogP contribution is 2.37. The van der Waals surface area contributed by atoms with Crippen LogP contribution in [0.2, 0.25) is 0 Å². The third kappa shape index (κ3) is 8.57. The molecule has 3 fully saturated rings. The van der Waals surface area contributed by atoms with Gasteiger partial charge in [0.1, 0.15) is 11.6 Å². The van der Waals surface area contributed by atoms with Crippen LogP contribution in [0.5, 0.6) is 0 Å². The molecular formula is C37H51ClN4O6. The van der Waals surface area contributed by atoms with Crippen LogP contribution in [0.3, 0.4) is 0 Å². The first-order valence-electron chi connectivity index (χ1n) is 17.3. The minimum atomic E-state index is -0.983. The molecule has 11 heteroatoms. The largest absolute Gasteiger partial charge is 0.478 e. The van der Waals surface area contributed by atoms with Crippen LogP contribution in [0.4, 0.5) is 0 Å². The van der Waals surface area contributed by atoms with Crippen LogP contribution in [0.1, 0.15) is 109 Å². The number of benzene rings is 2. The van der Waals surface area contributed by atoms with E-state index in [2.05, 4.69) is 17.1 Å². The topological polar surface area (TPSA) is 130 Å². The molecule has 10 nitrogen and oxygen atoms in total. The number of unbranched alkanes of at least 4 members (excludes halogenated alkanes) is 1. The highest BCUT2D eigenvalue weighted by molar-refractivity contribution is 6.00. The predicted octanol–water partition coefficient (Wildman–Crippen LogP) is 5.02. The molecular weight excluding hydrogens is 632 g/mol. The Morgan fingerprint density at radius 1 is 0.896 bits per heavy atom. The number of halogens is 1. The fraction of sp³-hybridized carbons (Fsp3) is 0.568. The lowest BCUT2D eigenvalue weighted by Crippen LogP contribution is -2.73. The van der Waals surface area contributed by atoms with Gasteiger partial charge in [0.05, 0.1) is 11.2 Å². The second kappa shape index (κ2) is 16.3. The van der Waals surface area contributed by atoms with Gasteiger partial charge in [0, 0.05) is 51.8 Å². The predicted molar refractivity (Wildman–Crippen MR) is 186 cm³/mol. The minimum Gasteiger partial charge on any atom is -0.478 e. The highest BCUT2D eigenvalue weighted by Gasteiger charge is 2.54. The molecule has 0 aromatic heterocycles. The van der Waals surface area contributed by atoms with E-state index in [1.165, 1.54) is 12.1 Å². The Morgan fingerprint density at radius 2 is 1.48 bits per heavy atom. The molecule has 0 unspecified atom stereocenters. The van der Waals surface area contributed by atoms with Gasteiger partial charge in [-0.05, 0) is 67.5 Å². The van der Waals surface area contributed by atoms with E-state index < -0.39 is 23.2 Å². The van der Waals surface area contributed by atoms with Crippen LogP contribution in [0.15, 0.2) is 48.5 Å². The molecule has 2 aromatic carbocycles. The first kappa shape index (κ1) is 37.4. The summed E-state index contributed by atoms with van der Waals surface area (Å²) in [6, 6.07) is 13.4. The molecule has 1 saturated carbocycles. The summed E-state index contributed by atoms with van der Waals surface area (Å²) in [4.78, 5) is 57.7. The Hall–Kier alpha value is -3.47. The fourth-order valence-corrected chi connectivity index (χ4v) is 7.53. The molecule has 3 amide bonds. The number of aliphatic hydroxyl groups is 1. The number of carbonyl (C=O) groups excluding carboxylic acids is 3. The van der Waals surface area contributed by atoms with Gasteiger partial charge < -0.3 is 25.3 Å². The number of hydrogen-bond acceptors (Lipinski definition) is 6. The first-order chi connectivity index (χ1) is 22.5. The quantitative estimate of drug-likeness (QED) is 0.284. The molecule has 0 bridgehead atoms. The standard InChI is InChI=1S/C37H50N4O6.ClH/c1-3-4-21-41-33(43)31(24-36(47)17-7-5-6-8-18-36)38-35(46)37(41)19-22-40(23-20-37)26-28-9-13-29(14-10-28)32(42)39(2)25-27-11-15-30(16-12-27)34(44)45;/h9-16,31,47H,3-8,17-26H2,1-2H3,(H,38,46)(H,44,45);1H/t31-;/m1./s1. The van der Waals surface area contributed by atoms with Crippen LogP contribution < -0.4 is 5.32 Å². The summed E-state index contributed by atoms with van der Waals surface area (Å²) in [7, 11) is 1.72. The van der Waals surface area contributed by atoms with Crippen LogP contribution in [0.25, 0.3) is 0 Å². The number of rotatable bonds is 11. The second-order valence-electron chi connectivity index (χ2n) is 13.9. The number of amides is 3. The zero-order valence-electron chi connectivity index (χ0n) is 28.3. The van der Waals surface area contributed by atoms with Crippen molar-refractivity contribution >= 4 is 36.1 Å². The number of likely N-dealkylation sites (tertiary alicyclic amines) is 1. The average molecular weight is 683 g/mol. The summed E-state index contributed by atoms with van der Waals surface area (Å²) in [5.41, 5.74) is 0.927. The van der Waals surface area contributed by atoms with Gasteiger partial charge in [0.2, 0.25) is 11.8 Å². The molecule has 1 spiro atoms. The monoisotopic (exact) mass is 682 g/mol. The van der Waals surface area contributed by atoms with Gasteiger partial charge in [0.15, 0.2) is 0 Å². The lowest BCUT2D eigenvalue weighted by atomic mass is 9.79. The Kier molecular flexibility index (Phi) is 12.7. The summed E-state index contributed by atoms with van der Waals surface area (Å²) < 4.78 is 0. The lowest BCUT2D eigenvalue weighted by Gasteiger charge is -2.52. The third-order valence-corrected chi connectivity index (χ3v) is 10.4. The van der Waals surface area contributed by atoms with Gasteiger partial charge in [-0.2, -0.15) is 0 Å². The molecule has 5 rings (SSSR count). The molecule has 3 N–H and O–H groups in total. The van der Waals surface area contributed by atoms with Crippen LogP contribution >= 0.6 is 12.4 Å². The van der Waals surface area contributed by atoms with Crippen molar-refractivity contribution in [2.75, 3.05) is 26.7 Å². The first-order valence-corrected chi connectivity index (χ1v) is 17.3. The van der Waals surface area contributed by atoms with E-state index >= 15 is 0 Å². The molecule has 0 radical (unpaired) electrons. The van der Waals surface area contributed by atoms with Crippen molar-refractivity contribution in [1.29, 1.82) is 0 Å². The van der Waals surface area contributed by atoms with E-state index in [0.717, 1.165) is 49.7 Å². The SMILES string of the molecule is CCCCN1C(=O)[C@@H](CC2(O)CCCCCC2)NC(=O)C12CCN(Cc1ccc(C(=O)N(C)Cc3ccc(C(=O)O)cc3)cc1)CC2.Cl. The van der Waals surface area contributed by atoms with E-state index in [-0.39, 0.29) is 42.1 Å². The van der Waals surface area contributed by atoms with Crippen molar-refractivity contribution in [3.8, 4) is 0 Å². The number of piperidine rings is 1. The molecule has 2 saturated heterocycles. The van der Waals surface area contributed by atoms with Gasteiger partial charge in [-0.25, -0.2) is 4.79 Å². The normalized spacial score (nSPS) is 20.8. The summed E-state index contributed by atoms with van der Waals surface area (Å²) in [6.45, 7) is 5.02. The van der Waals surface area contributed by atoms with Gasteiger partial charge in [-0.1, -0.05) is 63.3 Å². The Balaban J connectivity index is 0.00000520. The van der Waals surface area contributed by atoms with Crippen LogP contribution in [-0.4, -0.2) is 92.5 Å². The maximum atomic E-state index is 13.9. The summed E-state index contributed by atoms with van der Waals surface area (Å²) in [5.74, 6) is -1.24. The Morgan fingerprint density at radius 3 is 2.06 bits per heavy atom. The van der Waals surface area contributed by atoms with E-state index in [1.54, 1.807) is 24.1 Å². The average Bonchev–Trinajstić information content (AvgIpc) is 3.29. The number of carboxylic acid groups (broad SMARTS) is 1. The van der Waals surface area contributed by atoms with E-state index in [9.17, 15) is 24.3 Å². The van der Waals surface area contributed by atoms with Crippen molar-refractivity contribution in [2.24, 2.45) is 0 Å². The van der Waals surface area contributed by atoms with Crippen LogP contribution in [0, 0.1) is 0 Å². The van der Waals surface area contributed by atoms with E-state index in [4.69, 9.17) is 5.11 Å². The maximum Gasteiger partial charge on any atom is 0.335 e. The fourth-order valence-electron chi connectivity index (χ4n) is 7.53. The molecule has 48 heavy (non-hydrogen) atoms. The maximum absolute atomic E-state index is 13.9. The van der Waals surface area contributed by atoms with Crippen molar-refractivity contribution in [3.63, 3.8) is 0 Å². The Bertz CT molecular complexity index is 1420. The zero-order chi connectivity index (χ0) is 33.6. The van der Waals surface area contributed by atoms with Crippen molar-refractivity contribution < 1.29 is 29.4 Å². The molecule has 1 atom stereocenters. The van der Waals surface area contributed by atoms with Gasteiger partial charge in [-0.3, -0.25) is 19.3 Å². The molecule has 3 aliphatic rings. The molecule has 2 heterocycles. The number of nitrogens with one attached hydrogen (secondary N) is 1. The number of aromatic carboxylic acids is 1. The van der Waals surface area contributed by atoms with Crippen molar-refractivity contribution in [1.82, 2.24) is 20.0 Å². The zero-order valence-corrected chi connectivity index (χ0v) is 29.1. The minimum absolute atomic E-state index is 0. The summed E-state index contributed by atoms with van der Waals surface area (Å²) in [6.07, 6.45) is 8.62. The molecule has 2 aromatic rings. The highest BCUT2D eigenvalue weighted by atomic mass is 35.5. The summed E-state index contributed by atoms with van der Waals surface area (Å²) >= 11 is 0. The van der Waals surface area contributed by atoms with E-state index in [0.29, 0.717) is 64.0 Å². The number of nitrogens with zero attached hydrogens (tertiary/aromatic N) is 3. The summed E-state index contributed by atoms with van der Waals surface area (Å²) in [5, 5.41) is 23.5. The smallest absolute Gasteiger partial charge is 0.335 e. The van der Waals surface area contributed by atoms with Gasteiger partial charge in [0.25, 0.3) is 5.91 Å². The van der Waals surface area contributed by atoms with Gasteiger partial charge in [-0.15, -0.1) is 12.4 Å². The molecule has 1 aliphatic carbocycles. The number of hydrogen-bond donors (Lipinski definition) is 3. The van der Waals surface area contributed by atoms with Crippen molar-refractivity contribution in [2.45, 2.75) is 108 Å². The molecule has 262 valence electrons. The van der Waals surface area contributed by atoms with E-state index in [1.807, 2.05) is 29.2 Å². The lowest BCUT2D eigenvalue weighted by molar-refractivity contribution is -0.163. The number of carboxylic acids is 1. The van der Waals surface area contributed by atoms with Crippen molar-refractivity contribution in [3.05, 3.63) is 70.8 Å². The third-order valence-electron chi connectivity index (χ3n) is 10.4. The number of carbonyl (C=O) groups is 4. The van der Waals surface area contributed by atoms with Gasteiger partial charge >= 0.3 is 5.97 Å². The second-order valence-corrected chi connectivity index (χ2v) is 13.9.